The minimum Gasteiger partial charge on any atom is -0.302 e. The summed E-state index contributed by atoms with van der Waals surface area (Å²) in [5, 5.41) is 1.12. The van der Waals surface area contributed by atoms with Crippen molar-refractivity contribution in [2.45, 2.75) is 13.5 Å². The van der Waals surface area contributed by atoms with Crippen LogP contribution in [0.5, 0.6) is 0 Å². The standard InChI is InChI=1S/C12H13BrN2O/c1-2-16-15-8-9-5-6-11(13)10-4-3-7-14-12(9)10/h3-7,15H,2,8H2,1H3. The van der Waals surface area contributed by atoms with Crippen molar-refractivity contribution < 1.29 is 4.84 Å². The van der Waals surface area contributed by atoms with E-state index in [0.29, 0.717) is 13.2 Å². The Morgan fingerprint density at radius 1 is 1.38 bits per heavy atom. The van der Waals surface area contributed by atoms with Crippen molar-refractivity contribution in [2.75, 3.05) is 6.61 Å². The van der Waals surface area contributed by atoms with Crippen molar-refractivity contribution in [1.29, 1.82) is 0 Å². The van der Waals surface area contributed by atoms with Crippen molar-refractivity contribution in [3.05, 3.63) is 40.5 Å². The maximum Gasteiger partial charge on any atom is 0.0759 e. The summed E-state index contributed by atoms with van der Waals surface area (Å²) in [5.41, 5.74) is 5.04. The van der Waals surface area contributed by atoms with Gasteiger partial charge in [0.05, 0.1) is 12.1 Å². The van der Waals surface area contributed by atoms with E-state index >= 15 is 0 Å². The van der Waals surface area contributed by atoms with E-state index in [4.69, 9.17) is 4.84 Å². The van der Waals surface area contributed by atoms with Crippen molar-refractivity contribution in [1.82, 2.24) is 10.5 Å². The normalized spacial score (nSPS) is 10.9. The zero-order valence-corrected chi connectivity index (χ0v) is 10.6. The molecule has 16 heavy (non-hydrogen) atoms. The van der Waals surface area contributed by atoms with Crippen LogP contribution in [0.4, 0.5) is 0 Å². The Labute approximate surface area is 103 Å². The highest BCUT2D eigenvalue weighted by atomic mass is 79.9. The van der Waals surface area contributed by atoms with Gasteiger partial charge >= 0.3 is 0 Å². The average molecular weight is 281 g/mol. The summed E-state index contributed by atoms with van der Waals surface area (Å²) in [6.07, 6.45) is 1.80. The molecule has 0 unspecified atom stereocenters. The zero-order chi connectivity index (χ0) is 11.4. The van der Waals surface area contributed by atoms with Crippen LogP contribution in [0.3, 0.4) is 0 Å². The van der Waals surface area contributed by atoms with Crippen molar-refractivity contribution >= 4 is 26.8 Å². The van der Waals surface area contributed by atoms with Crippen molar-refractivity contribution in [3.8, 4) is 0 Å². The first-order valence-electron chi connectivity index (χ1n) is 5.19. The molecule has 0 spiro atoms. The lowest BCUT2D eigenvalue weighted by atomic mass is 10.1. The molecule has 0 atom stereocenters. The predicted octanol–water partition coefficient (Wildman–Crippen LogP) is 3.04. The highest BCUT2D eigenvalue weighted by Crippen LogP contribution is 2.24. The number of hydrogen-bond acceptors (Lipinski definition) is 3. The number of halogens is 1. The Balaban J connectivity index is 2.35. The van der Waals surface area contributed by atoms with Gasteiger partial charge in [0.15, 0.2) is 0 Å². The van der Waals surface area contributed by atoms with E-state index in [1.54, 1.807) is 6.20 Å². The Morgan fingerprint density at radius 2 is 2.25 bits per heavy atom. The molecule has 0 amide bonds. The summed E-state index contributed by atoms with van der Waals surface area (Å²) in [7, 11) is 0. The maximum absolute atomic E-state index is 5.13. The van der Waals surface area contributed by atoms with Gasteiger partial charge in [0, 0.05) is 22.6 Å². The fourth-order valence-electron chi connectivity index (χ4n) is 1.57. The van der Waals surface area contributed by atoms with E-state index in [2.05, 4.69) is 32.5 Å². The Bertz CT molecular complexity index is 487. The molecule has 1 N–H and O–H groups in total. The van der Waals surface area contributed by atoms with Gasteiger partial charge in [-0.1, -0.05) is 28.1 Å². The smallest absolute Gasteiger partial charge is 0.0759 e. The monoisotopic (exact) mass is 280 g/mol. The molecule has 3 nitrogen and oxygen atoms in total. The van der Waals surface area contributed by atoms with Crippen LogP contribution < -0.4 is 5.48 Å². The lowest BCUT2D eigenvalue weighted by Gasteiger charge is -2.08. The Hall–Kier alpha value is -0.970. The molecule has 0 fully saturated rings. The summed E-state index contributed by atoms with van der Waals surface area (Å²) < 4.78 is 1.07. The van der Waals surface area contributed by atoms with Gasteiger partial charge in [-0.25, -0.2) is 0 Å². The predicted molar refractivity (Wildman–Crippen MR) is 67.9 cm³/mol. The molecule has 1 heterocycles. The first-order valence-corrected chi connectivity index (χ1v) is 5.99. The zero-order valence-electron chi connectivity index (χ0n) is 9.03. The topological polar surface area (TPSA) is 34.1 Å². The number of hydrogen-bond donors (Lipinski definition) is 1. The van der Waals surface area contributed by atoms with Crippen LogP contribution >= 0.6 is 15.9 Å². The molecular weight excluding hydrogens is 268 g/mol. The average Bonchev–Trinajstić information content (AvgIpc) is 2.33. The Kier molecular flexibility index (Phi) is 3.88. The molecule has 0 saturated carbocycles. The molecule has 0 aliphatic rings. The first kappa shape index (κ1) is 11.5. The van der Waals surface area contributed by atoms with Gasteiger partial charge in [-0.2, -0.15) is 5.48 Å². The quantitative estimate of drug-likeness (QED) is 0.691. The number of aromatic nitrogens is 1. The summed E-state index contributed by atoms with van der Waals surface area (Å²) >= 11 is 3.52. The summed E-state index contributed by atoms with van der Waals surface area (Å²) in [6, 6.07) is 8.07. The van der Waals surface area contributed by atoms with Gasteiger partial charge in [-0.3, -0.25) is 4.98 Å². The number of hydroxylamine groups is 1. The number of nitrogens with one attached hydrogen (secondary N) is 1. The largest absolute Gasteiger partial charge is 0.302 e. The highest BCUT2D eigenvalue weighted by Gasteiger charge is 2.04. The minimum absolute atomic E-state index is 0.655. The third-order valence-electron chi connectivity index (χ3n) is 2.31. The van der Waals surface area contributed by atoms with E-state index in [0.717, 1.165) is 20.9 Å². The molecular formula is C12H13BrN2O. The van der Waals surface area contributed by atoms with E-state index in [1.807, 2.05) is 25.1 Å². The van der Waals surface area contributed by atoms with Gasteiger partial charge in [0.2, 0.25) is 0 Å². The van der Waals surface area contributed by atoms with Crippen LogP contribution in [0.25, 0.3) is 10.9 Å². The van der Waals surface area contributed by atoms with Crippen LogP contribution in [-0.4, -0.2) is 11.6 Å². The summed E-state index contributed by atoms with van der Waals surface area (Å²) in [5.74, 6) is 0. The SMILES string of the molecule is CCONCc1ccc(Br)c2cccnc12. The third kappa shape index (κ3) is 2.40. The molecule has 1 aromatic carbocycles. The minimum atomic E-state index is 0.655. The Morgan fingerprint density at radius 3 is 3.06 bits per heavy atom. The van der Waals surface area contributed by atoms with E-state index in [1.165, 1.54) is 0 Å². The number of fused-ring (bicyclic) bond motifs is 1. The van der Waals surface area contributed by atoms with E-state index in [9.17, 15) is 0 Å². The van der Waals surface area contributed by atoms with E-state index < -0.39 is 0 Å². The second kappa shape index (κ2) is 5.39. The van der Waals surface area contributed by atoms with Crippen molar-refractivity contribution in [2.24, 2.45) is 0 Å². The maximum atomic E-state index is 5.13. The third-order valence-corrected chi connectivity index (χ3v) is 3.00. The van der Waals surface area contributed by atoms with Gasteiger partial charge in [-0.05, 0) is 24.6 Å². The van der Waals surface area contributed by atoms with E-state index in [-0.39, 0.29) is 0 Å². The van der Waals surface area contributed by atoms with Crippen LogP contribution in [-0.2, 0) is 11.4 Å². The number of rotatable bonds is 4. The van der Waals surface area contributed by atoms with Crippen LogP contribution in [0.1, 0.15) is 12.5 Å². The van der Waals surface area contributed by atoms with Gasteiger partial charge in [0.1, 0.15) is 0 Å². The first-order chi connectivity index (χ1) is 7.83. The molecule has 4 heteroatoms. The number of nitrogens with zero attached hydrogens (tertiary/aromatic N) is 1. The molecule has 0 saturated heterocycles. The van der Waals surface area contributed by atoms with Gasteiger partial charge < -0.3 is 4.84 Å². The highest BCUT2D eigenvalue weighted by molar-refractivity contribution is 9.10. The molecule has 2 aromatic rings. The van der Waals surface area contributed by atoms with Crippen LogP contribution in [0.2, 0.25) is 0 Å². The van der Waals surface area contributed by atoms with Gasteiger partial charge in [0.25, 0.3) is 0 Å². The molecule has 0 aliphatic heterocycles. The lowest BCUT2D eigenvalue weighted by Crippen LogP contribution is -2.14. The van der Waals surface area contributed by atoms with Gasteiger partial charge in [-0.15, -0.1) is 0 Å². The molecule has 1 aromatic heterocycles. The van der Waals surface area contributed by atoms with Crippen LogP contribution in [0.15, 0.2) is 34.9 Å². The second-order valence-electron chi connectivity index (χ2n) is 3.36. The summed E-state index contributed by atoms with van der Waals surface area (Å²) in [4.78, 5) is 9.52. The lowest BCUT2D eigenvalue weighted by molar-refractivity contribution is 0.0465. The molecule has 0 bridgehead atoms. The number of benzene rings is 1. The molecule has 0 radical (unpaired) electrons. The number of pyridine rings is 1. The van der Waals surface area contributed by atoms with Crippen LogP contribution in [0, 0.1) is 0 Å². The fraction of sp³-hybridized carbons (Fsp3) is 0.250. The molecule has 0 aliphatic carbocycles. The van der Waals surface area contributed by atoms with Crippen molar-refractivity contribution in [3.63, 3.8) is 0 Å². The second-order valence-corrected chi connectivity index (χ2v) is 4.21. The summed E-state index contributed by atoms with van der Waals surface area (Å²) in [6.45, 7) is 3.27. The molecule has 84 valence electrons. The fourth-order valence-corrected chi connectivity index (χ4v) is 2.02. The molecule has 2 rings (SSSR count).